The maximum atomic E-state index is 12.2. The largest absolute Gasteiger partial charge is 0.457 e. The molecule has 0 radical (unpaired) electrons. The third kappa shape index (κ3) is 7.09. The van der Waals surface area contributed by atoms with Gasteiger partial charge in [0, 0.05) is 14.8 Å². The Labute approximate surface area is 199 Å². The highest BCUT2D eigenvalue weighted by atomic mass is 127. The lowest BCUT2D eigenvalue weighted by atomic mass is 10.2. The normalized spacial score (nSPS) is 10.2. The summed E-state index contributed by atoms with van der Waals surface area (Å²) in [4.78, 5) is 36.1. The van der Waals surface area contributed by atoms with E-state index in [0.717, 1.165) is 9.13 Å². The Hall–Kier alpha value is -3.40. The number of anilines is 1. The maximum Gasteiger partial charge on any atom is 0.325 e. The SMILES string of the molecule is Cc1cc(I)ccc1NC(=O)COC(=O)CNC(=O)c1ccc(Oc2ccccc2)cc1. The minimum absolute atomic E-state index is 0.350. The van der Waals surface area contributed by atoms with E-state index in [0.29, 0.717) is 22.7 Å². The van der Waals surface area contributed by atoms with Crippen LogP contribution in [-0.4, -0.2) is 30.9 Å². The Morgan fingerprint density at radius 2 is 1.59 bits per heavy atom. The number of amides is 2. The molecule has 0 aliphatic carbocycles. The Morgan fingerprint density at radius 1 is 0.906 bits per heavy atom. The van der Waals surface area contributed by atoms with Gasteiger partial charge in [0.25, 0.3) is 11.8 Å². The van der Waals surface area contributed by atoms with Gasteiger partial charge in [-0.25, -0.2) is 0 Å². The van der Waals surface area contributed by atoms with E-state index in [9.17, 15) is 14.4 Å². The molecule has 3 aromatic rings. The van der Waals surface area contributed by atoms with E-state index in [4.69, 9.17) is 9.47 Å². The van der Waals surface area contributed by atoms with Crippen molar-refractivity contribution in [2.75, 3.05) is 18.5 Å². The van der Waals surface area contributed by atoms with Crippen LogP contribution in [0.3, 0.4) is 0 Å². The van der Waals surface area contributed by atoms with E-state index in [2.05, 4.69) is 33.2 Å². The second-order valence-corrected chi connectivity index (χ2v) is 8.04. The number of carbonyl (C=O) groups excluding carboxylic acids is 3. The average molecular weight is 544 g/mol. The first kappa shape index (κ1) is 23.3. The molecule has 164 valence electrons. The number of nitrogens with one attached hydrogen (secondary N) is 2. The topological polar surface area (TPSA) is 93.7 Å². The molecule has 0 saturated heterocycles. The molecule has 3 aromatic carbocycles. The van der Waals surface area contributed by atoms with Crippen molar-refractivity contribution in [3.8, 4) is 11.5 Å². The van der Waals surface area contributed by atoms with Crippen molar-refractivity contribution >= 4 is 46.1 Å². The lowest BCUT2D eigenvalue weighted by molar-refractivity contribution is -0.146. The van der Waals surface area contributed by atoms with Crippen molar-refractivity contribution in [1.29, 1.82) is 0 Å². The Morgan fingerprint density at radius 3 is 2.28 bits per heavy atom. The number of benzene rings is 3. The zero-order valence-corrected chi connectivity index (χ0v) is 19.4. The van der Waals surface area contributed by atoms with Gasteiger partial charge < -0.3 is 20.1 Å². The van der Waals surface area contributed by atoms with E-state index in [1.165, 1.54) is 0 Å². The van der Waals surface area contributed by atoms with Gasteiger partial charge in [-0.1, -0.05) is 18.2 Å². The van der Waals surface area contributed by atoms with Crippen molar-refractivity contribution in [2.45, 2.75) is 6.92 Å². The fourth-order valence-corrected chi connectivity index (χ4v) is 3.35. The van der Waals surface area contributed by atoms with E-state index in [-0.39, 0.29) is 6.54 Å². The molecule has 0 atom stereocenters. The monoisotopic (exact) mass is 544 g/mol. The third-order valence-corrected chi connectivity index (χ3v) is 4.99. The lowest BCUT2D eigenvalue weighted by Crippen LogP contribution is -2.32. The van der Waals surface area contributed by atoms with E-state index >= 15 is 0 Å². The highest BCUT2D eigenvalue weighted by Crippen LogP contribution is 2.21. The molecule has 8 heteroatoms. The number of hydrogen-bond donors (Lipinski definition) is 2. The number of esters is 1. The molecule has 7 nitrogen and oxygen atoms in total. The summed E-state index contributed by atoms with van der Waals surface area (Å²) in [5, 5.41) is 5.16. The molecule has 0 unspecified atom stereocenters. The Bertz CT molecular complexity index is 1100. The molecular formula is C24H21IN2O5. The summed E-state index contributed by atoms with van der Waals surface area (Å²) < 4.78 is 11.7. The van der Waals surface area contributed by atoms with Gasteiger partial charge in [0.1, 0.15) is 18.0 Å². The van der Waals surface area contributed by atoms with Gasteiger partial charge in [0.2, 0.25) is 0 Å². The van der Waals surface area contributed by atoms with Crippen LogP contribution in [-0.2, 0) is 14.3 Å². The molecule has 0 saturated carbocycles. The molecule has 2 N–H and O–H groups in total. The van der Waals surface area contributed by atoms with Crippen LogP contribution in [0.5, 0.6) is 11.5 Å². The van der Waals surface area contributed by atoms with Crippen LogP contribution >= 0.6 is 22.6 Å². The first-order chi connectivity index (χ1) is 15.4. The average Bonchev–Trinajstić information content (AvgIpc) is 2.79. The molecule has 0 aromatic heterocycles. The Kier molecular flexibility index (Phi) is 8.20. The number of hydrogen-bond acceptors (Lipinski definition) is 5. The molecule has 2 amide bonds. The molecule has 0 fully saturated rings. The minimum atomic E-state index is -0.711. The van der Waals surface area contributed by atoms with Gasteiger partial charge in [0.15, 0.2) is 6.61 Å². The van der Waals surface area contributed by atoms with Crippen LogP contribution in [0.25, 0.3) is 0 Å². The van der Waals surface area contributed by atoms with Crippen molar-refractivity contribution in [1.82, 2.24) is 5.32 Å². The molecule has 0 spiro atoms. The summed E-state index contributed by atoms with van der Waals surface area (Å²) in [6, 6.07) is 21.4. The number of para-hydroxylation sites is 1. The highest BCUT2D eigenvalue weighted by molar-refractivity contribution is 14.1. The molecule has 32 heavy (non-hydrogen) atoms. The molecule has 3 rings (SSSR count). The van der Waals surface area contributed by atoms with Crippen LogP contribution in [0, 0.1) is 10.5 Å². The summed E-state index contributed by atoms with van der Waals surface area (Å²) in [7, 11) is 0. The summed E-state index contributed by atoms with van der Waals surface area (Å²) in [5.41, 5.74) is 1.92. The van der Waals surface area contributed by atoms with Crippen LogP contribution in [0.2, 0.25) is 0 Å². The summed E-state index contributed by atoms with van der Waals surface area (Å²) in [6.45, 7) is 1.09. The second-order valence-electron chi connectivity index (χ2n) is 6.79. The number of aryl methyl sites for hydroxylation is 1. The fourth-order valence-electron chi connectivity index (χ4n) is 2.70. The number of rotatable bonds is 8. The lowest BCUT2D eigenvalue weighted by Gasteiger charge is -2.10. The predicted octanol–water partition coefficient (Wildman–Crippen LogP) is 4.30. The van der Waals surface area contributed by atoms with Gasteiger partial charge in [-0.3, -0.25) is 14.4 Å². The molecule has 0 aliphatic rings. The van der Waals surface area contributed by atoms with Gasteiger partial charge in [0.05, 0.1) is 0 Å². The van der Waals surface area contributed by atoms with Crippen molar-refractivity contribution in [2.24, 2.45) is 0 Å². The van der Waals surface area contributed by atoms with Crippen LogP contribution in [0.1, 0.15) is 15.9 Å². The molecule has 0 bridgehead atoms. The summed E-state index contributed by atoms with van der Waals surface area (Å²) in [5.74, 6) is -0.331. The molecule has 0 heterocycles. The van der Waals surface area contributed by atoms with Gasteiger partial charge in [-0.2, -0.15) is 0 Å². The first-order valence-corrected chi connectivity index (χ1v) is 10.8. The highest BCUT2D eigenvalue weighted by Gasteiger charge is 2.12. The zero-order valence-electron chi connectivity index (χ0n) is 17.3. The minimum Gasteiger partial charge on any atom is -0.457 e. The quantitative estimate of drug-likeness (QED) is 0.326. The van der Waals surface area contributed by atoms with Crippen molar-refractivity contribution in [3.05, 3.63) is 87.5 Å². The maximum absolute atomic E-state index is 12.2. The van der Waals surface area contributed by atoms with Gasteiger partial charge in [-0.15, -0.1) is 0 Å². The molecular weight excluding hydrogens is 523 g/mol. The van der Waals surface area contributed by atoms with E-state index in [1.807, 2.05) is 49.4 Å². The first-order valence-electron chi connectivity index (χ1n) is 9.73. The van der Waals surface area contributed by atoms with Crippen molar-refractivity contribution in [3.63, 3.8) is 0 Å². The summed E-state index contributed by atoms with van der Waals surface area (Å²) >= 11 is 2.18. The smallest absolute Gasteiger partial charge is 0.325 e. The fraction of sp³-hybridized carbons (Fsp3) is 0.125. The number of halogens is 1. The molecule has 0 aliphatic heterocycles. The standard InChI is InChI=1S/C24H21IN2O5/c1-16-13-18(25)9-12-21(16)27-22(28)15-31-23(29)14-26-24(30)17-7-10-20(11-8-17)32-19-5-3-2-4-6-19/h2-13H,14-15H2,1H3,(H,26,30)(H,27,28). The van der Waals surface area contributed by atoms with E-state index in [1.54, 1.807) is 30.3 Å². The van der Waals surface area contributed by atoms with Gasteiger partial charge in [-0.05, 0) is 89.7 Å². The zero-order chi connectivity index (χ0) is 22.9. The Balaban J connectivity index is 1.41. The predicted molar refractivity (Wildman–Crippen MR) is 129 cm³/mol. The third-order valence-electron chi connectivity index (χ3n) is 4.32. The van der Waals surface area contributed by atoms with Crippen LogP contribution in [0.4, 0.5) is 5.69 Å². The van der Waals surface area contributed by atoms with Gasteiger partial charge >= 0.3 is 5.97 Å². The number of ether oxygens (including phenoxy) is 2. The second kappa shape index (κ2) is 11.3. The van der Waals surface area contributed by atoms with Crippen LogP contribution < -0.4 is 15.4 Å². The summed E-state index contributed by atoms with van der Waals surface area (Å²) in [6.07, 6.45) is 0. The van der Waals surface area contributed by atoms with E-state index < -0.39 is 24.4 Å². The van der Waals surface area contributed by atoms with Crippen LogP contribution in [0.15, 0.2) is 72.8 Å². The van der Waals surface area contributed by atoms with Crippen molar-refractivity contribution < 1.29 is 23.9 Å². The number of carbonyl (C=O) groups is 3.